The molecule has 1 aliphatic heterocycles. The smallest absolute Gasteiger partial charge is 0.337 e. The van der Waals surface area contributed by atoms with E-state index in [1.807, 2.05) is 6.07 Å². The second kappa shape index (κ2) is 5.46. The van der Waals surface area contributed by atoms with Gasteiger partial charge in [0, 0.05) is 5.56 Å². The van der Waals surface area contributed by atoms with Crippen molar-refractivity contribution in [3.63, 3.8) is 0 Å². The molecule has 3 rings (SSSR count). The van der Waals surface area contributed by atoms with Crippen molar-refractivity contribution in [3.8, 4) is 0 Å². The van der Waals surface area contributed by atoms with Gasteiger partial charge in [-0.05, 0) is 25.1 Å². The lowest BCUT2D eigenvalue weighted by atomic mass is 9.86. The Kier molecular flexibility index (Phi) is 3.62. The van der Waals surface area contributed by atoms with Crippen LogP contribution in [-0.4, -0.2) is 17.4 Å². The summed E-state index contributed by atoms with van der Waals surface area (Å²) in [5.74, 6) is -0.916. The Morgan fingerprint density at radius 3 is 2.73 bits per heavy atom. The molecule has 112 valence electrons. The van der Waals surface area contributed by atoms with Crippen molar-refractivity contribution in [3.05, 3.63) is 71.0 Å². The highest BCUT2D eigenvalue weighted by Crippen LogP contribution is 2.40. The Balaban J connectivity index is 1.94. The Bertz CT molecular complexity index is 721. The van der Waals surface area contributed by atoms with Gasteiger partial charge in [0.15, 0.2) is 0 Å². The number of rotatable bonds is 2. The summed E-state index contributed by atoms with van der Waals surface area (Å²) in [6, 6.07) is 8.73. The molecule has 1 aromatic carbocycles. The average molecular weight is 316 g/mol. The number of allylic oxidation sites excluding steroid dienone is 4. The van der Waals surface area contributed by atoms with E-state index in [1.54, 1.807) is 55.5 Å². The van der Waals surface area contributed by atoms with Gasteiger partial charge in [-0.1, -0.05) is 48.0 Å². The fourth-order valence-corrected chi connectivity index (χ4v) is 2.79. The fraction of sp³-hybridized carbons (Fsp3) is 0.176. The zero-order valence-corrected chi connectivity index (χ0v) is 12.6. The van der Waals surface area contributed by atoms with Crippen LogP contribution in [0.25, 0.3) is 0 Å². The van der Waals surface area contributed by atoms with Gasteiger partial charge in [0.2, 0.25) is 0 Å². The molecule has 0 aromatic heterocycles. The van der Waals surface area contributed by atoms with E-state index in [4.69, 9.17) is 16.3 Å². The first kappa shape index (κ1) is 14.6. The Morgan fingerprint density at radius 1 is 1.27 bits per heavy atom. The normalized spacial score (nSPS) is 26.5. The first-order valence-corrected chi connectivity index (χ1v) is 7.24. The molecule has 22 heavy (non-hydrogen) atoms. The maximum atomic E-state index is 12.4. The standard InChI is InChI=1S/C17H14ClNO3/c1-17(19-15(20)11-7-3-2-4-8-11)12-9-5-6-10-13(18)14(12)22-16(17)21/h2-10,12H,1H3,(H,19,20)/t12-,17+/m1/s1. The van der Waals surface area contributed by atoms with Gasteiger partial charge >= 0.3 is 5.97 Å². The van der Waals surface area contributed by atoms with Crippen LogP contribution in [0.5, 0.6) is 0 Å². The van der Waals surface area contributed by atoms with E-state index in [0.29, 0.717) is 16.4 Å². The SMILES string of the molecule is C[C@@]1(NC(=O)c2ccccc2)C(=O)OC2=C(Cl)C=CC=C[C@H]21. The molecule has 2 atom stereocenters. The minimum absolute atomic E-state index is 0.331. The molecule has 1 aliphatic carbocycles. The summed E-state index contributed by atoms with van der Waals surface area (Å²) in [6.07, 6.45) is 7.01. The lowest BCUT2D eigenvalue weighted by molar-refractivity contribution is -0.140. The number of esters is 1. The van der Waals surface area contributed by atoms with E-state index in [9.17, 15) is 9.59 Å². The number of fused-ring (bicyclic) bond motifs is 1. The molecule has 0 saturated carbocycles. The predicted octanol–water partition coefficient (Wildman–Crippen LogP) is 2.92. The van der Waals surface area contributed by atoms with E-state index < -0.39 is 17.4 Å². The first-order chi connectivity index (χ1) is 10.5. The van der Waals surface area contributed by atoms with Gasteiger partial charge in [0.05, 0.1) is 11.0 Å². The summed E-state index contributed by atoms with van der Waals surface area (Å²) in [4.78, 5) is 24.7. The molecule has 2 aliphatic rings. The van der Waals surface area contributed by atoms with Crippen molar-refractivity contribution in [1.29, 1.82) is 0 Å². The van der Waals surface area contributed by atoms with E-state index in [-0.39, 0.29) is 5.91 Å². The van der Waals surface area contributed by atoms with Crippen molar-refractivity contribution < 1.29 is 14.3 Å². The lowest BCUT2D eigenvalue weighted by Crippen LogP contribution is -2.53. The zero-order chi connectivity index (χ0) is 15.7. The second-order valence-electron chi connectivity index (χ2n) is 5.35. The molecule has 1 N–H and O–H groups in total. The molecule has 0 spiro atoms. The van der Waals surface area contributed by atoms with Gasteiger partial charge in [0.1, 0.15) is 11.3 Å². The molecule has 0 unspecified atom stereocenters. The van der Waals surface area contributed by atoms with Gasteiger partial charge < -0.3 is 10.1 Å². The van der Waals surface area contributed by atoms with Gasteiger partial charge in [-0.3, -0.25) is 4.79 Å². The molecular formula is C17H14ClNO3. The molecule has 1 aromatic rings. The molecule has 1 heterocycles. The highest BCUT2D eigenvalue weighted by atomic mass is 35.5. The maximum absolute atomic E-state index is 12.4. The number of benzene rings is 1. The van der Waals surface area contributed by atoms with Crippen LogP contribution in [0.2, 0.25) is 0 Å². The summed E-state index contributed by atoms with van der Waals surface area (Å²) in [5.41, 5.74) is -0.707. The number of hydrogen-bond acceptors (Lipinski definition) is 3. The molecule has 0 bridgehead atoms. The van der Waals surface area contributed by atoms with Crippen LogP contribution in [0.1, 0.15) is 17.3 Å². The van der Waals surface area contributed by atoms with Crippen molar-refractivity contribution in [1.82, 2.24) is 5.32 Å². The number of nitrogens with one attached hydrogen (secondary N) is 1. The van der Waals surface area contributed by atoms with Crippen LogP contribution in [0.4, 0.5) is 0 Å². The van der Waals surface area contributed by atoms with Crippen LogP contribution >= 0.6 is 11.6 Å². The van der Waals surface area contributed by atoms with E-state index in [0.717, 1.165) is 0 Å². The molecule has 4 nitrogen and oxygen atoms in total. The summed E-state index contributed by atoms with van der Waals surface area (Å²) in [6.45, 7) is 1.65. The average Bonchev–Trinajstić information content (AvgIpc) is 2.64. The van der Waals surface area contributed by atoms with Crippen LogP contribution < -0.4 is 5.32 Å². The molecular weight excluding hydrogens is 302 g/mol. The fourth-order valence-electron chi connectivity index (χ4n) is 2.56. The number of halogens is 1. The van der Waals surface area contributed by atoms with Gasteiger partial charge in [-0.25, -0.2) is 4.79 Å². The van der Waals surface area contributed by atoms with Crippen LogP contribution in [-0.2, 0) is 9.53 Å². The highest BCUT2D eigenvalue weighted by Gasteiger charge is 2.53. The number of hydrogen-bond donors (Lipinski definition) is 1. The van der Waals surface area contributed by atoms with Gasteiger partial charge in [-0.15, -0.1) is 0 Å². The van der Waals surface area contributed by atoms with E-state index in [1.165, 1.54) is 0 Å². The Morgan fingerprint density at radius 2 is 2.00 bits per heavy atom. The molecule has 1 amide bonds. The summed E-state index contributed by atoms with van der Waals surface area (Å²) in [7, 11) is 0. The summed E-state index contributed by atoms with van der Waals surface area (Å²) < 4.78 is 5.30. The monoisotopic (exact) mass is 315 g/mol. The minimum atomic E-state index is -1.19. The first-order valence-electron chi connectivity index (χ1n) is 6.87. The van der Waals surface area contributed by atoms with Gasteiger partial charge in [0.25, 0.3) is 5.91 Å². The predicted molar refractivity (Wildman–Crippen MR) is 83.1 cm³/mol. The maximum Gasteiger partial charge on any atom is 0.337 e. The van der Waals surface area contributed by atoms with Crippen LogP contribution in [0.3, 0.4) is 0 Å². The highest BCUT2D eigenvalue weighted by molar-refractivity contribution is 6.31. The number of amides is 1. The van der Waals surface area contributed by atoms with E-state index >= 15 is 0 Å². The number of ether oxygens (including phenoxy) is 1. The number of carbonyl (C=O) groups excluding carboxylic acids is 2. The third kappa shape index (κ3) is 2.35. The molecule has 5 heteroatoms. The molecule has 1 fully saturated rings. The van der Waals surface area contributed by atoms with Crippen LogP contribution in [0, 0.1) is 5.92 Å². The zero-order valence-electron chi connectivity index (χ0n) is 11.9. The van der Waals surface area contributed by atoms with Crippen LogP contribution in [0.15, 0.2) is 65.4 Å². The summed E-state index contributed by atoms with van der Waals surface area (Å²) in [5, 5.41) is 3.15. The Hall–Kier alpha value is -2.33. The Labute approximate surface area is 133 Å². The largest absolute Gasteiger partial charge is 0.427 e. The third-order valence-electron chi connectivity index (χ3n) is 3.83. The minimum Gasteiger partial charge on any atom is -0.427 e. The van der Waals surface area contributed by atoms with Crippen molar-refractivity contribution in [2.24, 2.45) is 5.92 Å². The summed E-state index contributed by atoms with van der Waals surface area (Å²) >= 11 is 6.13. The quantitative estimate of drug-likeness (QED) is 0.854. The van der Waals surface area contributed by atoms with Crippen molar-refractivity contribution in [2.45, 2.75) is 12.5 Å². The lowest BCUT2D eigenvalue weighted by Gasteiger charge is -2.26. The third-order valence-corrected chi connectivity index (χ3v) is 4.15. The molecule has 1 saturated heterocycles. The van der Waals surface area contributed by atoms with Crippen molar-refractivity contribution in [2.75, 3.05) is 0 Å². The van der Waals surface area contributed by atoms with Gasteiger partial charge in [-0.2, -0.15) is 0 Å². The van der Waals surface area contributed by atoms with E-state index in [2.05, 4.69) is 5.32 Å². The second-order valence-corrected chi connectivity index (χ2v) is 5.75. The number of carbonyl (C=O) groups is 2. The molecule has 0 radical (unpaired) electrons. The van der Waals surface area contributed by atoms with Crippen molar-refractivity contribution >= 4 is 23.5 Å². The topological polar surface area (TPSA) is 55.4 Å².